The van der Waals surface area contributed by atoms with Crippen LogP contribution in [-0.2, 0) is 20.8 Å². The first-order valence-electron chi connectivity index (χ1n) is 16.1. The number of rotatable bonds is 20. The first-order valence-corrected chi connectivity index (χ1v) is 16.5. The molecule has 1 atom stereocenters. The zero-order valence-corrected chi connectivity index (χ0v) is 27.1. The molecule has 1 aliphatic rings. The van der Waals surface area contributed by atoms with Gasteiger partial charge >= 0.3 is 5.97 Å². The van der Waals surface area contributed by atoms with Gasteiger partial charge in [0.25, 0.3) is 5.91 Å². The van der Waals surface area contributed by atoms with Crippen LogP contribution in [0.25, 0.3) is 0 Å². The van der Waals surface area contributed by atoms with E-state index in [0.717, 1.165) is 35.1 Å². The van der Waals surface area contributed by atoms with Gasteiger partial charge in [-0.25, -0.2) is 0 Å². The molecule has 0 bridgehead atoms. The first kappa shape index (κ1) is 35.1. The number of nitrogens with one attached hydrogen (secondary N) is 1. The number of carbonyl (C=O) groups is 3. The van der Waals surface area contributed by atoms with Gasteiger partial charge in [0.05, 0.1) is 6.42 Å². The van der Waals surface area contributed by atoms with E-state index < -0.39 is 16.8 Å². The quantitative estimate of drug-likeness (QED) is 0.0709. The molecule has 0 saturated carbocycles. The summed E-state index contributed by atoms with van der Waals surface area (Å²) in [6.07, 6.45) is 19.4. The maximum absolute atomic E-state index is 13.1. The number of halogens is 1. The van der Waals surface area contributed by atoms with Crippen molar-refractivity contribution in [3.63, 3.8) is 0 Å². The first-order chi connectivity index (χ1) is 19.6. The summed E-state index contributed by atoms with van der Waals surface area (Å²) in [6, 6.07) is 0. The van der Waals surface area contributed by atoms with Crippen molar-refractivity contribution >= 4 is 28.7 Å². The van der Waals surface area contributed by atoms with Crippen LogP contribution in [0.2, 0.25) is 0 Å². The zero-order chi connectivity index (χ0) is 30.3. The van der Waals surface area contributed by atoms with Crippen LogP contribution in [0, 0.1) is 20.8 Å². The van der Waals surface area contributed by atoms with Gasteiger partial charge in [-0.2, -0.15) is 0 Å². The molecule has 0 radical (unpaired) electrons. The number of carbonyl (C=O) groups excluding carboxylic acids is 3. The Morgan fingerprint density at radius 3 is 1.88 bits per heavy atom. The molecule has 0 saturated heterocycles. The lowest BCUT2D eigenvalue weighted by atomic mass is 9.86. The van der Waals surface area contributed by atoms with Crippen molar-refractivity contribution in [2.45, 2.75) is 156 Å². The van der Waals surface area contributed by atoms with Gasteiger partial charge in [0.15, 0.2) is 5.60 Å². The molecule has 6 nitrogen and oxygen atoms in total. The normalized spacial score (nSPS) is 16.1. The largest absolute Gasteiger partial charge is 0.477 e. The van der Waals surface area contributed by atoms with E-state index in [1.54, 1.807) is 0 Å². The third-order valence-electron chi connectivity index (χ3n) is 8.53. The van der Waals surface area contributed by atoms with Gasteiger partial charge in [-0.05, 0) is 68.8 Å². The van der Waals surface area contributed by atoms with Crippen molar-refractivity contribution in [3.8, 4) is 11.5 Å². The van der Waals surface area contributed by atoms with Gasteiger partial charge in [0.2, 0.25) is 5.24 Å². The number of ether oxygens (including phenoxy) is 2. The molecule has 0 fully saturated rings. The number of hydrogen-bond donors (Lipinski definition) is 1. The second kappa shape index (κ2) is 18.5. The Morgan fingerprint density at radius 1 is 0.805 bits per heavy atom. The van der Waals surface area contributed by atoms with E-state index >= 15 is 0 Å². The number of amides is 1. The number of unbranched alkanes of at least 4 members (excludes halogenated alkanes) is 13. The number of esters is 1. The van der Waals surface area contributed by atoms with E-state index in [1.807, 2.05) is 27.7 Å². The van der Waals surface area contributed by atoms with Crippen molar-refractivity contribution in [2.24, 2.45) is 0 Å². The van der Waals surface area contributed by atoms with Crippen LogP contribution >= 0.6 is 11.6 Å². The lowest BCUT2D eigenvalue weighted by Crippen LogP contribution is -2.51. The van der Waals surface area contributed by atoms with Crippen molar-refractivity contribution in [1.82, 2.24) is 5.32 Å². The van der Waals surface area contributed by atoms with Crippen molar-refractivity contribution in [1.29, 1.82) is 0 Å². The molecule has 1 aromatic rings. The maximum Gasteiger partial charge on any atom is 0.311 e. The molecule has 1 aromatic carbocycles. The highest BCUT2D eigenvalue weighted by Gasteiger charge is 2.40. The SMILES string of the molecule is CCCCCCCCCCCCCCCCNC(=O)[C@@]1(C)CCc2c(C)c(OC(=O)CCC(=O)Cl)c(C)c(C)c2O1. The molecular weight excluding hydrogens is 538 g/mol. The lowest BCUT2D eigenvalue weighted by molar-refractivity contribution is -0.137. The highest BCUT2D eigenvalue weighted by atomic mass is 35.5. The summed E-state index contributed by atoms with van der Waals surface area (Å²) in [5, 5.41) is 2.54. The molecule has 1 heterocycles. The summed E-state index contributed by atoms with van der Waals surface area (Å²) < 4.78 is 12.0. The van der Waals surface area contributed by atoms with E-state index in [4.69, 9.17) is 21.1 Å². The molecule has 7 heteroatoms. The number of fused-ring (bicyclic) bond motifs is 1. The van der Waals surface area contributed by atoms with Crippen LogP contribution in [0.3, 0.4) is 0 Å². The summed E-state index contributed by atoms with van der Waals surface area (Å²) in [4.78, 5) is 36.4. The molecule has 1 aliphatic heterocycles. The van der Waals surface area contributed by atoms with Crippen LogP contribution < -0.4 is 14.8 Å². The van der Waals surface area contributed by atoms with Gasteiger partial charge < -0.3 is 14.8 Å². The minimum absolute atomic E-state index is 0.0572. The number of hydrogen-bond acceptors (Lipinski definition) is 5. The minimum atomic E-state index is -0.939. The molecule has 2 rings (SSSR count). The molecule has 0 unspecified atom stereocenters. The average Bonchev–Trinajstić information content (AvgIpc) is 2.94. The van der Waals surface area contributed by atoms with Gasteiger partial charge in [-0.3, -0.25) is 14.4 Å². The second-order valence-electron chi connectivity index (χ2n) is 12.0. The predicted octanol–water partition coefficient (Wildman–Crippen LogP) is 8.74. The van der Waals surface area contributed by atoms with Crippen LogP contribution in [-0.4, -0.2) is 29.3 Å². The molecule has 0 aromatic heterocycles. The fourth-order valence-electron chi connectivity index (χ4n) is 5.62. The van der Waals surface area contributed by atoms with Crippen molar-refractivity contribution in [2.75, 3.05) is 6.54 Å². The van der Waals surface area contributed by atoms with E-state index in [1.165, 1.54) is 77.0 Å². The maximum atomic E-state index is 13.1. The van der Waals surface area contributed by atoms with E-state index in [0.29, 0.717) is 30.9 Å². The predicted molar refractivity (Wildman–Crippen MR) is 167 cm³/mol. The fraction of sp³-hybridized carbons (Fsp3) is 0.735. The molecule has 1 amide bonds. The molecule has 41 heavy (non-hydrogen) atoms. The highest BCUT2D eigenvalue weighted by Crippen LogP contribution is 2.44. The third kappa shape index (κ3) is 11.6. The molecular formula is C34H54ClNO5. The van der Waals surface area contributed by atoms with Gasteiger partial charge in [-0.1, -0.05) is 90.4 Å². The Kier molecular flexibility index (Phi) is 15.8. The topological polar surface area (TPSA) is 81.7 Å². The Balaban J connectivity index is 1.72. The Bertz CT molecular complexity index is 1010. The van der Waals surface area contributed by atoms with Gasteiger partial charge in [0.1, 0.15) is 11.5 Å². The molecule has 0 spiro atoms. The van der Waals surface area contributed by atoms with Crippen LogP contribution in [0.5, 0.6) is 11.5 Å². The monoisotopic (exact) mass is 591 g/mol. The van der Waals surface area contributed by atoms with Gasteiger partial charge in [0, 0.05) is 24.9 Å². The highest BCUT2D eigenvalue weighted by molar-refractivity contribution is 6.63. The third-order valence-corrected chi connectivity index (χ3v) is 8.72. The second-order valence-corrected chi connectivity index (χ2v) is 12.4. The van der Waals surface area contributed by atoms with E-state index in [2.05, 4.69) is 12.2 Å². The van der Waals surface area contributed by atoms with Crippen LogP contribution in [0.15, 0.2) is 0 Å². The minimum Gasteiger partial charge on any atom is -0.477 e. The summed E-state index contributed by atoms with van der Waals surface area (Å²) >= 11 is 5.36. The molecule has 1 N–H and O–H groups in total. The van der Waals surface area contributed by atoms with Crippen molar-refractivity contribution in [3.05, 3.63) is 22.3 Å². The lowest BCUT2D eigenvalue weighted by Gasteiger charge is -2.37. The summed E-state index contributed by atoms with van der Waals surface area (Å²) in [7, 11) is 0. The van der Waals surface area contributed by atoms with Crippen LogP contribution in [0.1, 0.15) is 145 Å². The Morgan fingerprint density at radius 2 is 1.34 bits per heavy atom. The Hall–Kier alpha value is -2.08. The average molecular weight is 592 g/mol. The zero-order valence-electron chi connectivity index (χ0n) is 26.4. The van der Waals surface area contributed by atoms with Crippen LogP contribution in [0.4, 0.5) is 0 Å². The van der Waals surface area contributed by atoms with Gasteiger partial charge in [-0.15, -0.1) is 0 Å². The summed E-state index contributed by atoms with van der Waals surface area (Å²) in [5.41, 5.74) is 2.50. The summed E-state index contributed by atoms with van der Waals surface area (Å²) in [5.74, 6) is 0.640. The molecule has 0 aliphatic carbocycles. The fourth-order valence-corrected chi connectivity index (χ4v) is 5.72. The van der Waals surface area contributed by atoms with E-state index in [-0.39, 0.29) is 18.7 Å². The Labute approximate surface area is 253 Å². The summed E-state index contributed by atoms with van der Waals surface area (Å²) in [6.45, 7) is 10.5. The smallest absolute Gasteiger partial charge is 0.311 e. The standard InChI is InChI=1S/C34H54ClNO5/c1-6-7-8-9-10-11-12-13-14-15-16-17-18-19-24-36-33(39)34(5)23-22-28-27(4)31(25(2)26(3)32(28)41-34)40-30(38)21-20-29(35)37/h6-24H2,1-5H3,(H,36,39)/t34-/m1/s1. The number of benzene rings is 1. The molecule has 232 valence electrons. The van der Waals surface area contributed by atoms with E-state index in [9.17, 15) is 14.4 Å². The van der Waals surface area contributed by atoms with Crippen molar-refractivity contribution < 1.29 is 23.9 Å².